The lowest BCUT2D eigenvalue weighted by molar-refractivity contribution is 0.0817. The lowest BCUT2D eigenvalue weighted by Crippen LogP contribution is -2.14. The quantitative estimate of drug-likeness (QED) is 0.865. The van der Waals surface area contributed by atoms with Crippen LogP contribution in [0.15, 0.2) is 0 Å². The van der Waals surface area contributed by atoms with E-state index in [0.29, 0.717) is 0 Å². The van der Waals surface area contributed by atoms with Gasteiger partial charge in [-0.1, -0.05) is 6.92 Å². The van der Waals surface area contributed by atoms with E-state index in [1.54, 1.807) is 11.3 Å². The maximum atomic E-state index is 9.87. The van der Waals surface area contributed by atoms with E-state index in [0.717, 1.165) is 27.1 Å². The summed E-state index contributed by atoms with van der Waals surface area (Å²) in [7, 11) is 0. The fourth-order valence-electron chi connectivity index (χ4n) is 1.27. The van der Waals surface area contributed by atoms with Gasteiger partial charge >= 0.3 is 0 Å². The number of rotatable bonds is 4. The number of thioether (sulfide) groups is 1. The Hall–Kier alpha value is -0.0600. The van der Waals surface area contributed by atoms with Crippen LogP contribution < -0.4 is 0 Å². The number of hydrogen-bond donors (Lipinski definition) is 1. The molecule has 0 amide bonds. The molecular formula is C10H17NOS2. The fourth-order valence-corrected chi connectivity index (χ4v) is 3.06. The highest BCUT2D eigenvalue weighted by atomic mass is 32.2. The van der Waals surface area contributed by atoms with Crippen molar-refractivity contribution in [2.45, 2.75) is 39.0 Å². The molecule has 80 valence electrons. The molecule has 0 saturated heterocycles. The molecular weight excluding hydrogens is 214 g/mol. The monoisotopic (exact) mass is 231 g/mol. The number of hydrogen-bond acceptors (Lipinski definition) is 4. The summed E-state index contributed by atoms with van der Waals surface area (Å²) in [5, 5.41) is 11.0. The second-order valence-electron chi connectivity index (χ2n) is 3.72. The molecule has 1 aromatic rings. The lowest BCUT2D eigenvalue weighted by atomic mass is 10.1. The van der Waals surface area contributed by atoms with Gasteiger partial charge in [0.2, 0.25) is 0 Å². The fraction of sp³-hybridized carbons (Fsp3) is 0.700. The van der Waals surface area contributed by atoms with Crippen molar-refractivity contribution in [2.75, 3.05) is 5.75 Å². The number of nitrogens with zero attached hydrogens (tertiary/aromatic N) is 1. The molecule has 2 nitrogen and oxygen atoms in total. The Kier molecular flexibility index (Phi) is 3.98. The van der Waals surface area contributed by atoms with Crippen molar-refractivity contribution in [3.63, 3.8) is 0 Å². The smallest absolute Gasteiger partial charge is 0.103 e. The predicted octanol–water partition coefficient (Wildman–Crippen LogP) is 2.93. The molecule has 0 aliphatic carbocycles. The highest BCUT2D eigenvalue weighted by molar-refractivity contribution is 7.98. The maximum Gasteiger partial charge on any atom is 0.103 e. The van der Waals surface area contributed by atoms with Gasteiger partial charge in [-0.15, -0.1) is 11.3 Å². The molecule has 0 saturated carbocycles. The zero-order chi connectivity index (χ0) is 10.8. The zero-order valence-electron chi connectivity index (χ0n) is 9.13. The van der Waals surface area contributed by atoms with E-state index in [9.17, 15) is 5.11 Å². The van der Waals surface area contributed by atoms with Gasteiger partial charge < -0.3 is 5.11 Å². The second kappa shape index (κ2) is 4.64. The van der Waals surface area contributed by atoms with Gasteiger partial charge in [0.15, 0.2) is 0 Å². The highest BCUT2D eigenvalue weighted by Crippen LogP contribution is 2.30. The predicted molar refractivity (Wildman–Crippen MR) is 63.9 cm³/mol. The number of aryl methyl sites for hydroxylation is 1. The molecule has 0 aliphatic heterocycles. The topological polar surface area (TPSA) is 33.1 Å². The molecule has 1 heterocycles. The van der Waals surface area contributed by atoms with E-state index < -0.39 is 5.60 Å². The average molecular weight is 231 g/mol. The third-order valence-electron chi connectivity index (χ3n) is 1.83. The van der Waals surface area contributed by atoms with Gasteiger partial charge in [0, 0.05) is 5.75 Å². The summed E-state index contributed by atoms with van der Waals surface area (Å²) in [5.74, 6) is 2.06. The zero-order valence-corrected chi connectivity index (χ0v) is 10.8. The standard InChI is InChI=1S/C10H17NOS2/c1-5-13-6-8-11-7(2)9(14-8)10(3,4)12/h12H,5-6H2,1-4H3. The van der Waals surface area contributed by atoms with Gasteiger partial charge in [-0.05, 0) is 26.5 Å². The lowest BCUT2D eigenvalue weighted by Gasteiger charge is -2.14. The molecule has 0 spiro atoms. The minimum atomic E-state index is -0.753. The van der Waals surface area contributed by atoms with E-state index in [2.05, 4.69) is 11.9 Å². The number of aliphatic hydroxyl groups is 1. The van der Waals surface area contributed by atoms with Crippen LogP contribution in [-0.2, 0) is 11.4 Å². The first-order chi connectivity index (χ1) is 6.45. The van der Waals surface area contributed by atoms with Gasteiger partial charge in [-0.2, -0.15) is 11.8 Å². The highest BCUT2D eigenvalue weighted by Gasteiger charge is 2.22. The molecule has 1 aromatic heterocycles. The van der Waals surface area contributed by atoms with Crippen molar-refractivity contribution in [3.8, 4) is 0 Å². The van der Waals surface area contributed by atoms with E-state index in [4.69, 9.17) is 0 Å². The minimum Gasteiger partial charge on any atom is -0.385 e. The van der Waals surface area contributed by atoms with E-state index in [-0.39, 0.29) is 0 Å². The summed E-state index contributed by atoms with van der Waals surface area (Å²) in [4.78, 5) is 5.44. The van der Waals surface area contributed by atoms with Crippen LogP contribution in [0.4, 0.5) is 0 Å². The molecule has 0 fully saturated rings. The molecule has 0 atom stereocenters. The van der Waals surface area contributed by atoms with Crippen LogP contribution >= 0.6 is 23.1 Å². The first-order valence-electron chi connectivity index (χ1n) is 4.72. The van der Waals surface area contributed by atoms with Crippen molar-refractivity contribution in [1.82, 2.24) is 4.98 Å². The van der Waals surface area contributed by atoms with Gasteiger partial charge in [0.1, 0.15) is 5.01 Å². The van der Waals surface area contributed by atoms with Gasteiger partial charge in [0.05, 0.1) is 16.2 Å². The summed E-state index contributed by atoms with van der Waals surface area (Å²) in [6.45, 7) is 7.72. The molecule has 0 unspecified atom stereocenters. The largest absolute Gasteiger partial charge is 0.385 e. The van der Waals surface area contributed by atoms with Crippen LogP contribution in [-0.4, -0.2) is 15.8 Å². The Labute approximate surface area is 93.8 Å². The van der Waals surface area contributed by atoms with Crippen LogP contribution in [0.1, 0.15) is 36.3 Å². The van der Waals surface area contributed by atoms with E-state index >= 15 is 0 Å². The number of thiazole rings is 1. The molecule has 4 heteroatoms. The first-order valence-corrected chi connectivity index (χ1v) is 6.69. The van der Waals surface area contributed by atoms with Gasteiger partial charge in [-0.3, -0.25) is 0 Å². The molecule has 0 aliphatic rings. The third kappa shape index (κ3) is 2.97. The van der Waals surface area contributed by atoms with Crippen molar-refractivity contribution in [1.29, 1.82) is 0 Å². The summed E-state index contributed by atoms with van der Waals surface area (Å²) in [6.07, 6.45) is 0. The van der Waals surface area contributed by atoms with Crippen LogP contribution in [0.2, 0.25) is 0 Å². The van der Waals surface area contributed by atoms with Gasteiger partial charge in [0.25, 0.3) is 0 Å². The third-order valence-corrected chi connectivity index (χ3v) is 4.37. The van der Waals surface area contributed by atoms with E-state index in [1.165, 1.54) is 0 Å². The second-order valence-corrected chi connectivity index (χ2v) is 6.08. The summed E-state index contributed by atoms with van der Waals surface area (Å²) < 4.78 is 0. The van der Waals surface area contributed by atoms with Crippen LogP contribution in [0.5, 0.6) is 0 Å². The molecule has 1 N–H and O–H groups in total. The minimum absolute atomic E-state index is 0.753. The van der Waals surface area contributed by atoms with Crippen LogP contribution in [0, 0.1) is 6.92 Å². The van der Waals surface area contributed by atoms with E-state index in [1.807, 2.05) is 32.5 Å². The molecule has 0 bridgehead atoms. The van der Waals surface area contributed by atoms with Gasteiger partial charge in [-0.25, -0.2) is 4.98 Å². The summed E-state index contributed by atoms with van der Waals surface area (Å²) in [5.41, 5.74) is 0.214. The Morgan fingerprint density at radius 2 is 2.14 bits per heavy atom. The molecule has 0 aromatic carbocycles. The van der Waals surface area contributed by atoms with Crippen LogP contribution in [0.25, 0.3) is 0 Å². The van der Waals surface area contributed by atoms with Crippen LogP contribution in [0.3, 0.4) is 0 Å². The van der Waals surface area contributed by atoms with Crippen molar-refractivity contribution < 1.29 is 5.11 Å². The Morgan fingerprint density at radius 1 is 1.50 bits per heavy atom. The Morgan fingerprint density at radius 3 is 2.57 bits per heavy atom. The first kappa shape index (κ1) is 12.0. The molecule has 1 rings (SSSR count). The summed E-state index contributed by atoms with van der Waals surface area (Å²) >= 11 is 3.48. The van der Waals surface area contributed by atoms with Crippen molar-refractivity contribution in [3.05, 3.63) is 15.6 Å². The Bertz CT molecular complexity index is 302. The van der Waals surface area contributed by atoms with Crippen molar-refractivity contribution in [2.24, 2.45) is 0 Å². The maximum absolute atomic E-state index is 9.87. The average Bonchev–Trinajstić information content (AvgIpc) is 2.42. The normalized spacial score (nSPS) is 12.1. The molecule has 0 radical (unpaired) electrons. The molecule has 14 heavy (non-hydrogen) atoms. The summed E-state index contributed by atoms with van der Waals surface area (Å²) in [6, 6.07) is 0. The van der Waals surface area contributed by atoms with Crippen molar-refractivity contribution >= 4 is 23.1 Å². The SMILES string of the molecule is CCSCc1nc(C)c(C(C)(C)O)s1. The number of aromatic nitrogens is 1. The Balaban J connectivity index is 2.83.